The number of hydrogen-bond donors (Lipinski definition) is 1. The highest BCUT2D eigenvalue weighted by atomic mass is 16.5. The molecule has 0 aromatic heterocycles. The number of nitrogens with zero attached hydrogens (tertiary/aromatic N) is 1. The molecule has 0 aromatic carbocycles. The van der Waals surface area contributed by atoms with Gasteiger partial charge in [-0.25, -0.2) is 4.79 Å². The molecule has 2 saturated heterocycles. The van der Waals surface area contributed by atoms with Crippen LogP contribution in [0.1, 0.15) is 45.4 Å². The first-order valence-corrected chi connectivity index (χ1v) is 10.3. The first-order chi connectivity index (χ1) is 13.1. The van der Waals surface area contributed by atoms with Crippen LogP contribution in [-0.2, 0) is 19.1 Å². The largest absolute Gasteiger partial charge is 0.497 e. The third-order valence-corrected chi connectivity index (χ3v) is 7.75. The van der Waals surface area contributed by atoms with Crippen LogP contribution in [0.5, 0.6) is 0 Å². The van der Waals surface area contributed by atoms with Crippen molar-refractivity contribution in [2.24, 2.45) is 17.3 Å². The van der Waals surface area contributed by atoms with E-state index in [0.29, 0.717) is 5.57 Å². The van der Waals surface area contributed by atoms with Crippen molar-refractivity contribution >= 4 is 11.9 Å². The number of piperidine rings is 1. The molecular weight excluding hydrogens is 344 g/mol. The molecule has 5 unspecified atom stereocenters. The van der Waals surface area contributed by atoms with Gasteiger partial charge in [-0.3, -0.25) is 9.69 Å². The molecule has 146 valence electrons. The molecule has 0 bridgehead atoms. The summed E-state index contributed by atoms with van der Waals surface area (Å²) in [6.07, 6.45) is 7.77. The van der Waals surface area contributed by atoms with Crippen molar-refractivity contribution in [1.29, 1.82) is 0 Å². The van der Waals surface area contributed by atoms with Crippen LogP contribution in [0.2, 0.25) is 0 Å². The molecule has 4 heterocycles. The molecule has 5 rings (SSSR count). The van der Waals surface area contributed by atoms with E-state index in [1.165, 1.54) is 31.2 Å². The Kier molecular flexibility index (Phi) is 3.90. The van der Waals surface area contributed by atoms with E-state index in [1.807, 2.05) is 0 Å². The second-order valence-corrected chi connectivity index (χ2v) is 8.76. The Hall–Kier alpha value is -1.82. The number of hydrogen-bond acceptors (Lipinski definition) is 5. The van der Waals surface area contributed by atoms with E-state index in [-0.39, 0.29) is 41.3 Å². The number of methoxy groups -OCH3 is 1. The third-order valence-electron chi connectivity index (χ3n) is 7.75. The van der Waals surface area contributed by atoms with E-state index in [1.54, 1.807) is 6.26 Å². The second-order valence-electron chi connectivity index (χ2n) is 8.76. The van der Waals surface area contributed by atoms with Gasteiger partial charge in [-0.15, -0.1) is 0 Å². The fourth-order valence-corrected chi connectivity index (χ4v) is 6.39. The molecule has 0 aromatic rings. The van der Waals surface area contributed by atoms with Gasteiger partial charge in [0.25, 0.3) is 0 Å². The minimum Gasteiger partial charge on any atom is -0.497 e. The molecule has 0 radical (unpaired) electrons. The number of allylic oxidation sites excluding steroid dienone is 1. The van der Waals surface area contributed by atoms with Gasteiger partial charge in [-0.05, 0) is 57.6 Å². The van der Waals surface area contributed by atoms with Gasteiger partial charge in [-0.1, -0.05) is 0 Å². The normalized spacial score (nSPS) is 40.7. The van der Waals surface area contributed by atoms with Crippen molar-refractivity contribution in [2.45, 2.75) is 57.6 Å². The highest BCUT2D eigenvalue weighted by Gasteiger charge is 2.61. The number of carbonyl (C=O) groups is 2. The number of ether oxygens (including phenoxy) is 2. The maximum atomic E-state index is 13.2. The standard InChI is InChI=1S/C21H28N2O4/c1-12-14-10-23-8-7-21(16-5-3-4-6-17(16)22-20(21)25)18(23)9-13(14)15(11-27-12)19(24)26-2/h11-14,18H,3-10H2,1-2H3,(H,22,25). The van der Waals surface area contributed by atoms with E-state index in [2.05, 4.69) is 17.1 Å². The number of nitrogens with one attached hydrogen (secondary N) is 1. The zero-order valence-corrected chi connectivity index (χ0v) is 16.1. The lowest BCUT2D eigenvalue weighted by atomic mass is 9.65. The Morgan fingerprint density at radius 1 is 1.37 bits per heavy atom. The van der Waals surface area contributed by atoms with E-state index < -0.39 is 0 Å². The summed E-state index contributed by atoms with van der Waals surface area (Å²) in [4.78, 5) is 28.0. The SMILES string of the molecule is COC(=O)C1=COC(C)C2CN3CCC4(C(=O)NC5=C4CCCC5)C3CC12. The zero-order chi connectivity index (χ0) is 18.8. The first kappa shape index (κ1) is 17.3. The van der Waals surface area contributed by atoms with E-state index in [4.69, 9.17) is 9.47 Å². The van der Waals surface area contributed by atoms with Gasteiger partial charge in [0, 0.05) is 30.1 Å². The summed E-state index contributed by atoms with van der Waals surface area (Å²) < 4.78 is 10.8. The van der Waals surface area contributed by atoms with Gasteiger partial charge in [-0.2, -0.15) is 0 Å². The van der Waals surface area contributed by atoms with Crippen molar-refractivity contribution < 1.29 is 19.1 Å². The van der Waals surface area contributed by atoms with Crippen molar-refractivity contribution in [3.05, 3.63) is 23.1 Å². The van der Waals surface area contributed by atoms with Crippen LogP contribution in [0.4, 0.5) is 0 Å². The predicted octanol–water partition coefficient (Wildman–Crippen LogP) is 2.12. The summed E-state index contributed by atoms with van der Waals surface area (Å²) in [5.41, 5.74) is 2.81. The van der Waals surface area contributed by atoms with Crippen LogP contribution in [0.25, 0.3) is 0 Å². The summed E-state index contributed by atoms with van der Waals surface area (Å²) in [5.74, 6) is 0.258. The molecule has 6 heteroatoms. The van der Waals surface area contributed by atoms with E-state index in [0.717, 1.165) is 38.8 Å². The average Bonchev–Trinajstić information content (AvgIpc) is 3.20. The van der Waals surface area contributed by atoms with Gasteiger partial charge in [0.1, 0.15) is 0 Å². The van der Waals surface area contributed by atoms with Gasteiger partial charge in [0.2, 0.25) is 5.91 Å². The van der Waals surface area contributed by atoms with Gasteiger partial charge < -0.3 is 14.8 Å². The lowest BCUT2D eigenvalue weighted by Gasteiger charge is -2.48. The van der Waals surface area contributed by atoms with Gasteiger partial charge in [0.15, 0.2) is 0 Å². The maximum absolute atomic E-state index is 13.2. The molecule has 1 aliphatic carbocycles. The van der Waals surface area contributed by atoms with Crippen molar-refractivity contribution in [3.63, 3.8) is 0 Å². The molecule has 1 amide bonds. The van der Waals surface area contributed by atoms with Crippen LogP contribution in [0.3, 0.4) is 0 Å². The molecule has 1 N–H and O–H groups in total. The summed E-state index contributed by atoms with van der Waals surface area (Å²) in [6.45, 7) is 3.91. The molecule has 6 nitrogen and oxygen atoms in total. The van der Waals surface area contributed by atoms with Crippen molar-refractivity contribution in [2.75, 3.05) is 20.2 Å². The van der Waals surface area contributed by atoms with Crippen LogP contribution in [0, 0.1) is 17.3 Å². The summed E-state index contributed by atoms with van der Waals surface area (Å²) in [5, 5.41) is 3.23. The molecule has 1 spiro atoms. The minimum absolute atomic E-state index is 0.0720. The van der Waals surface area contributed by atoms with E-state index >= 15 is 0 Å². The Morgan fingerprint density at radius 3 is 3.00 bits per heavy atom. The van der Waals surface area contributed by atoms with Crippen molar-refractivity contribution in [1.82, 2.24) is 10.2 Å². The monoisotopic (exact) mass is 372 g/mol. The smallest absolute Gasteiger partial charge is 0.337 e. The number of esters is 1. The second kappa shape index (κ2) is 6.09. The van der Waals surface area contributed by atoms with Crippen LogP contribution in [-0.4, -0.2) is 49.1 Å². The predicted molar refractivity (Wildman–Crippen MR) is 98.3 cm³/mol. The highest BCUT2D eigenvalue weighted by Crippen LogP contribution is 2.56. The average molecular weight is 372 g/mol. The highest BCUT2D eigenvalue weighted by molar-refractivity contribution is 5.93. The number of carbonyl (C=O) groups excluding carboxylic acids is 2. The summed E-state index contributed by atoms with van der Waals surface area (Å²) in [7, 11) is 1.42. The fourth-order valence-electron chi connectivity index (χ4n) is 6.39. The Bertz CT molecular complexity index is 757. The summed E-state index contributed by atoms with van der Waals surface area (Å²) >= 11 is 0. The van der Waals surface area contributed by atoms with Crippen LogP contribution < -0.4 is 5.32 Å². The first-order valence-electron chi connectivity index (χ1n) is 10.3. The van der Waals surface area contributed by atoms with Gasteiger partial charge in [0.05, 0.1) is 30.5 Å². The Labute approximate surface area is 159 Å². The number of amides is 1. The maximum Gasteiger partial charge on any atom is 0.337 e. The molecule has 5 aliphatic rings. The number of fused-ring (bicyclic) bond motifs is 4. The Morgan fingerprint density at radius 2 is 2.19 bits per heavy atom. The lowest BCUT2D eigenvalue weighted by Crippen LogP contribution is -2.55. The molecule has 27 heavy (non-hydrogen) atoms. The van der Waals surface area contributed by atoms with Gasteiger partial charge >= 0.3 is 5.97 Å². The molecule has 5 atom stereocenters. The summed E-state index contributed by atoms with van der Waals surface area (Å²) in [6, 6.07) is 0.169. The van der Waals surface area contributed by atoms with Crippen LogP contribution >= 0.6 is 0 Å². The molecule has 4 aliphatic heterocycles. The lowest BCUT2D eigenvalue weighted by molar-refractivity contribution is -0.139. The molecule has 0 saturated carbocycles. The topological polar surface area (TPSA) is 67.9 Å². The number of rotatable bonds is 1. The van der Waals surface area contributed by atoms with E-state index in [9.17, 15) is 9.59 Å². The molecule has 2 fully saturated rings. The third kappa shape index (κ3) is 2.28. The minimum atomic E-state index is -0.385. The molecular formula is C21H28N2O4. The van der Waals surface area contributed by atoms with Crippen molar-refractivity contribution in [3.8, 4) is 0 Å². The fraction of sp³-hybridized carbons (Fsp3) is 0.714. The quantitative estimate of drug-likeness (QED) is 0.714. The zero-order valence-electron chi connectivity index (χ0n) is 16.1. The Balaban J connectivity index is 1.52. The van der Waals surface area contributed by atoms with Crippen LogP contribution in [0.15, 0.2) is 23.1 Å².